The van der Waals surface area contributed by atoms with Crippen molar-refractivity contribution < 1.29 is 9.59 Å². The molecule has 0 radical (unpaired) electrons. The summed E-state index contributed by atoms with van der Waals surface area (Å²) in [5.74, 6) is 0.518. The van der Waals surface area contributed by atoms with Gasteiger partial charge in [0, 0.05) is 24.0 Å². The number of fused-ring (bicyclic) bond motifs is 1. The largest absolute Gasteiger partial charge is 0.387 e. The van der Waals surface area contributed by atoms with Crippen molar-refractivity contribution in [2.45, 2.75) is 26.7 Å². The minimum absolute atomic E-state index is 0.00110. The quantitative estimate of drug-likeness (QED) is 0.900. The van der Waals surface area contributed by atoms with Crippen molar-refractivity contribution >= 4 is 29.2 Å². The van der Waals surface area contributed by atoms with Gasteiger partial charge < -0.3 is 5.73 Å². The summed E-state index contributed by atoms with van der Waals surface area (Å²) in [6.45, 7) is 3.07. The van der Waals surface area contributed by atoms with Crippen LogP contribution in [0.4, 0.5) is 5.69 Å². The summed E-state index contributed by atoms with van der Waals surface area (Å²) < 4.78 is 0. The van der Waals surface area contributed by atoms with Crippen LogP contribution in [0.15, 0.2) is 28.8 Å². The van der Waals surface area contributed by atoms with Crippen LogP contribution in [0.25, 0.3) is 6.08 Å². The Labute approximate surface area is 112 Å². The SMILES string of the molecule is CC(=O)Cc1ccc2c(c1)N=C(N)CC(C(C)=O)=C2. The Morgan fingerprint density at radius 3 is 2.68 bits per heavy atom. The second kappa shape index (κ2) is 5.18. The molecule has 0 saturated heterocycles. The van der Waals surface area contributed by atoms with Crippen molar-refractivity contribution in [1.29, 1.82) is 0 Å². The number of hydrogen-bond acceptors (Lipinski definition) is 4. The van der Waals surface area contributed by atoms with Crippen LogP contribution in [0.1, 0.15) is 31.4 Å². The normalized spacial score (nSPS) is 14.0. The Balaban J connectivity index is 2.48. The molecule has 0 amide bonds. The summed E-state index contributed by atoms with van der Waals surface area (Å²) >= 11 is 0. The lowest BCUT2D eigenvalue weighted by Gasteiger charge is -2.04. The zero-order valence-corrected chi connectivity index (χ0v) is 11.1. The molecule has 98 valence electrons. The van der Waals surface area contributed by atoms with E-state index in [-0.39, 0.29) is 11.6 Å². The van der Waals surface area contributed by atoms with E-state index >= 15 is 0 Å². The Kier molecular flexibility index (Phi) is 3.60. The third-order valence-corrected chi connectivity index (χ3v) is 2.97. The Morgan fingerprint density at radius 1 is 1.32 bits per heavy atom. The molecule has 0 fully saturated rings. The molecule has 2 rings (SSSR count). The molecule has 4 nitrogen and oxygen atoms in total. The molecular weight excluding hydrogens is 240 g/mol. The first kappa shape index (κ1) is 13.2. The maximum absolute atomic E-state index is 11.5. The number of rotatable bonds is 3. The van der Waals surface area contributed by atoms with Crippen LogP contribution >= 0.6 is 0 Å². The lowest BCUT2D eigenvalue weighted by atomic mass is 10.0. The van der Waals surface area contributed by atoms with Gasteiger partial charge in [0.15, 0.2) is 5.78 Å². The molecule has 1 aromatic carbocycles. The molecule has 1 aliphatic heterocycles. The highest BCUT2D eigenvalue weighted by molar-refractivity contribution is 6.05. The van der Waals surface area contributed by atoms with E-state index in [2.05, 4.69) is 4.99 Å². The molecule has 0 spiro atoms. The van der Waals surface area contributed by atoms with Crippen molar-refractivity contribution in [3.8, 4) is 0 Å². The summed E-state index contributed by atoms with van der Waals surface area (Å²) in [4.78, 5) is 27.0. The topological polar surface area (TPSA) is 72.5 Å². The standard InChI is InChI=1S/C15H16N2O2/c1-9(18)5-11-3-4-12-7-13(10(2)19)8-15(16)17-14(12)6-11/h3-4,6-7H,5,8H2,1-2H3,(H2,16,17). The van der Waals surface area contributed by atoms with E-state index in [0.29, 0.717) is 29.9 Å². The molecule has 1 heterocycles. The molecule has 0 aromatic heterocycles. The second-order valence-corrected chi connectivity index (χ2v) is 4.78. The number of ketones is 2. The van der Waals surface area contributed by atoms with Gasteiger partial charge in [-0.05, 0) is 31.6 Å². The summed E-state index contributed by atoms with van der Waals surface area (Å²) in [5, 5.41) is 0. The van der Waals surface area contributed by atoms with E-state index in [9.17, 15) is 9.59 Å². The van der Waals surface area contributed by atoms with Gasteiger partial charge in [-0.25, -0.2) is 4.99 Å². The Bertz CT molecular complexity index is 613. The Morgan fingerprint density at radius 2 is 2.05 bits per heavy atom. The van der Waals surface area contributed by atoms with Crippen molar-refractivity contribution in [1.82, 2.24) is 0 Å². The van der Waals surface area contributed by atoms with Gasteiger partial charge >= 0.3 is 0 Å². The van der Waals surface area contributed by atoms with Crippen LogP contribution < -0.4 is 5.73 Å². The third-order valence-electron chi connectivity index (χ3n) is 2.97. The van der Waals surface area contributed by atoms with Gasteiger partial charge in [-0.2, -0.15) is 0 Å². The van der Waals surface area contributed by atoms with Crippen molar-refractivity contribution in [3.63, 3.8) is 0 Å². The molecule has 0 bridgehead atoms. The summed E-state index contributed by atoms with van der Waals surface area (Å²) in [6.07, 6.45) is 2.57. The van der Waals surface area contributed by atoms with Gasteiger partial charge in [0.25, 0.3) is 0 Å². The lowest BCUT2D eigenvalue weighted by molar-refractivity contribution is -0.116. The summed E-state index contributed by atoms with van der Waals surface area (Å²) in [5.41, 5.74) is 8.95. The first-order valence-electron chi connectivity index (χ1n) is 6.12. The molecule has 4 heteroatoms. The van der Waals surface area contributed by atoms with E-state index in [1.54, 1.807) is 6.92 Å². The van der Waals surface area contributed by atoms with E-state index in [1.165, 1.54) is 6.92 Å². The fourth-order valence-corrected chi connectivity index (χ4v) is 2.06. The number of benzene rings is 1. The molecule has 0 atom stereocenters. The van der Waals surface area contributed by atoms with Gasteiger partial charge in [-0.15, -0.1) is 0 Å². The highest BCUT2D eigenvalue weighted by Gasteiger charge is 2.13. The number of aliphatic imine (C=N–C) groups is 1. The molecule has 19 heavy (non-hydrogen) atoms. The van der Waals surface area contributed by atoms with Crippen LogP contribution in [-0.2, 0) is 16.0 Å². The average Bonchev–Trinajstić information content (AvgIpc) is 2.45. The monoisotopic (exact) mass is 256 g/mol. The summed E-state index contributed by atoms with van der Waals surface area (Å²) in [6, 6.07) is 5.60. The van der Waals surface area contributed by atoms with Crippen molar-refractivity contribution in [2.75, 3.05) is 0 Å². The fraction of sp³-hybridized carbons (Fsp3) is 0.267. The van der Waals surface area contributed by atoms with Crippen molar-refractivity contribution in [2.24, 2.45) is 10.7 Å². The fourth-order valence-electron chi connectivity index (χ4n) is 2.06. The van der Waals surface area contributed by atoms with Crippen LogP contribution in [0.2, 0.25) is 0 Å². The van der Waals surface area contributed by atoms with E-state index in [4.69, 9.17) is 5.73 Å². The van der Waals surface area contributed by atoms with Crippen LogP contribution in [-0.4, -0.2) is 17.4 Å². The smallest absolute Gasteiger partial charge is 0.156 e. The highest BCUT2D eigenvalue weighted by Crippen LogP contribution is 2.28. The van der Waals surface area contributed by atoms with Crippen LogP contribution in [0.5, 0.6) is 0 Å². The molecule has 2 N–H and O–H groups in total. The van der Waals surface area contributed by atoms with Gasteiger partial charge in [-0.1, -0.05) is 12.1 Å². The first-order valence-corrected chi connectivity index (χ1v) is 6.12. The van der Waals surface area contributed by atoms with E-state index in [0.717, 1.165) is 11.1 Å². The Hall–Kier alpha value is -2.23. The van der Waals surface area contributed by atoms with Gasteiger partial charge in [-0.3, -0.25) is 9.59 Å². The van der Waals surface area contributed by atoms with Crippen LogP contribution in [0, 0.1) is 0 Å². The lowest BCUT2D eigenvalue weighted by Crippen LogP contribution is -2.13. The van der Waals surface area contributed by atoms with Crippen molar-refractivity contribution in [3.05, 3.63) is 34.9 Å². The highest BCUT2D eigenvalue weighted by atomic mass is 16.1. The van der Waals surface area contributed by atoms with Gasteiger partial charge in [0.05, 0.1) is 5.69 Å². The minimum Gasteiger partial charge on any atom is -0.387 e. The average molecular weight is 256 g/mol. The van der Waals surface area contributed by atoms with E-state index < -0.39 is 0 Å². The van der Waals surface area contributed by atoms with Gasteiger partial charge in [0.1, 0.15) is 11.6 Å². The number of carbonyl (C=O) groups excluding carboxylic acids is 2. The number of amidine groups is 1. The molecule has 1 aromatic rings. The van der Waals surface area contributed by atoms with Gasteiger partial charge in [0.2, 0.25) is 0 Å². The first-order chi connectivity index (χ1) is 8.95. The predicted octanol–water partition coefficient (Wildman–Crippen LogP) is 2.18. The van der Waals surface area contributed by atoms with Crippen LogP contribution in [0.3, 0.4) is 0 Å². The molecular formula is C15H16N2O2. The van der Waals surface area contributed by atoms with E-state index in [1.807, 2.05) is 24.3 Å². The third kappa shape index (κ3) is 3.16. The number of carbonyl (C=O) groups is 2. The minimum atomic E-state index is -0.00110. The zero-order chi connectivity index (χ0) is 14.0. The maximum atomic E-state index is 11.5. The number of nitrogens with two attached hydrogens (primary N) is 1. The molecule has 1 aliphatic rings. The number of hydrogen-bond donors (Lipinski definition) is 1. The summed E-state index contributed by atoms with van der Waals surface area (Å²) in [7, 11) is 0. The maximum Gasteiger partial charge on any atom is 0.156 e. The zero-order valence-electron chi connectivity index (χ0n) is 11.1. The number of Topliss-reactive ketones (excluding diaryl/α,β-unsaturated/α-hetero) is 2. The molecule has 0 unspecified atom stereocenters. The number of nitrogens with zero attached hydrogens (tertiary/aromatic N) is 1. The second-order valence-electron chi connectivity index (χ2n) is 4.78. The predicted molar refractivity (Wildman–Crippen MR) is 75.4 cm³/mol. The molecule has 0 saturated carbocycles. The molecule has 0 aliphatic carbocycles.